The lowest BCUT2D eigenvalue weighted by molar-refractivity contribution is -0.120. The molecule has 4 saturated heterocycles. The number of phenolic OH excluding ortho intramolecular Hbond substituents is 1. The van der Waals surface area contributed by atoms with E-state index in [1.807, 2.05) is 60.4 Å². The lowest BCUT2D eigenvalue weighted by Gasteiger charge is -2.39. The van der Waals surface area contributed by atoms with Crippen molar-refractivity contribution in [3.63, 3.8) is 0 Å². The summed E-state index contributed by atoms with van der Waals surface area (Å²) >= 11 is 0. The Balaban J connectivity index is 0.764. The van der Waals surface area contributed by atoms with Crippen LogP contribution in [0.1, 0.15) is 67.1 Å². The third-order valence-electron chi connectivity index (χ3n) is 12.6. The van der Waals surface area contributed by atoms with Gasteiger partial charge in [0.1, 0.15) is 11.9 Å². The minimum absolute atomic E-state index is 0.0687. The van der Waals surface area contributed by atoms with E-state index in [1.54, 1.807) is 23.1 Å². The van der Waals surface area contributed by atoms with Crippen LogP contribution in [0.25, 0.3) is 22.2 Å². The monoisotopic (exact) mass is 797 g/mol. The summed E-state index contributed by atoms with van der Waals surface area (Å²) < 4.78 is 8.74. The second-order valence-corrected chi connectivity index (χ2v) is 16.4. The first-order valence-electron chi connectivity index (χ1n) is 20.8. The van der Waals surface area contributed by atoms with Crippen LogP contribution in [0.3, 0.4) is 0 Å². The molecule has 5 aromatic rings. The molecule has 3 aromatic carbocycles. The number of anilines is 3. The fourth-order valence-corrected chi connectivity index (χ4v) is 9.41. The molecule has 306 valence electrons. The lowest BCUT2D eigenvalue weighted by atomic mass is 9.94. The summed E-state index contributed by atoms with van der Waals surface area (Å²) in [6.07, 6.45) is 6.23. The number of fused-ring (bicyclic) bond motifs is 1. The number of hydrogen-bond donors (Lipinski definition) is 3. The van der Waals surface area contributed by atoms with Gasteiger partial charge in [0, 0.05) is 87.5 Å². The van der Waals surface area contributed by atoms with Gasteiger partial charge >= 0.3 is 6.03 Å². The smallest absolute Gasteiger partial charge is 0.328 e. The van der Waals surface area contributed by atoms with Crippen molar-refractivity contribution in [3.8, 4) is 17.0 Å². The van der Waals surface area contributed by atoms with Crippen LogP contribution in [-0.4, -0.2) is 106 Å². The van der Waals surface area contributed by atoms with Crippen molar-refractivity contribution in [2.24, 2.45) is 5.92 Å². The van der Waals surface area contributed by atoms with Crippen molar-refractivity contribution in [3.05, 3.63) is 96.2 Å². The molecule has 2 atom stereocenters. The van der Waals surface area contributed by atoms with Gasteiger partial charge < -0.3 is 34.8 Å². The number of aromatic nitrogens is 3. The normalized spacial score (nSPS) is 21.3. The zero-order valence-electron chi connectivity index (χ0n) is 33.4. The van der Waals surface area contributed by atoms with Crippen LogP contribution in [0.2, 0.25) is 0 Å². The van der Waals surface area contributed by atoms with Crippen LogP contribution in [0.4, 0.5) is 22.0 Å². The minimum Gasteiger partial charge on any atom is -0.507 e. The number of benzene rings is 3. The van der Waals surface area contributed by atoms with E-state index in [4.69, 9.17) is 10.5 Å². The number of likely N-dealkylation sites (tertiary alicyclic amines) is 2. The van der Waals surface area contributed by atoms with Gasteiger partial charge in [-0.1, -0.05) is 30.3 Å². The number of carbonyl (C=O) groups is 3. The maximum atomic E-state index is 13.7. The van der Waals surface area contributed by atoms with E-state index in [1.165, 1.54) is 0 Å². The van der Waals surface area contributed by atoms with Crippen LogP contribution >= 0.6 is 0 Å². The zero-order valence-corrected chi connectivity index (χ0v) is 33.4. The average molecular weight is 798 g/mol. The SMILES string of the molecule is C[C@H]1CN(c2cc(-c3ccccc3O)nnc2N)C[C@@H](c2ccc(C(=O)N3CCC(CN4CCC(n5ccc6c(N7CCC(=O)NC7=O)cccc65)CC4)CC3)cc2)O1. The van der Waals surface area contributed by atoms with Gasteiger partial charge in [0.2, 0.25) is 5.91 Å². The number of rotatable bonds is 8. The number of nitrogen functional groups attached to an aromatic ring is 1. The van der Waals surface area contributed by atoms with Crippen molar-refractivity contribution in [1.29, 1.82) is 0 Å². The Morgan fingerprint density at radius 3 is 2.42 bits per heavy atom. The van der Waals surface area contributed by atoms with E-state index in [-0.39, 0.29) is 35.8 Å². The van der Waals surface area contributed by atoms with Gasteiger partial charge in [-0.15, -0.1) is 10.2 Å². The molecular formula is C45H51N9O5. The number of nitrogens with two attached hydrogens (primary N) is 1. The number of para-hydroxylation sites is 1. The Morgan fingerprint density at radius 1 is 0.881 bits per heavy atom. The minimum atomic E-state index is -0.359. The first kappa shape index (κ1) is 38.5. The number of nitrogens with zero attached hydrogens (tertiary/aromatic N) is 7. The maximum Gasteiger partial charge on any atom is 0.328 e. The largest absolute Gasteiger partial charge is 0.507 e. The Hall–Kier alpha value is -5.99. The molecule has 0 unspecified atom stereocenters. The molecule has 4 amide bonds. The van der Waals surface area contributed by atoms with E-state index in [9.17, 15) is 19.5 Å². The molecule has 4 aliphatic heterocycles. The maximum absolute atomic E-state index is 13.7. The number of nitrogens with one attached hydrogen (secondary N) is 1. The molecule has 14 nitrogen and oxygen atoms in total. The predicted molar refractivity (Wildman–Crippen MR) is 226 cm³/mol. The summed E-state index contributed by atoms with van der Waals surface area (Å²) in [7, 11) is 0. The van der Waals surface area contributed by atoms with Gasteiger partial charge in [0.15, 0.2) is 5.82 Å². The first-order chi connectivity index (χ1) is 28.7. The Bertz CT molecular complexity index is 2350. The fourth-order valence-electron chi connectivity index (χ4n) is 9.41. The van der Waals surface area contributed by atoms with E-state index in [0.29, 0.717) is 60.7 Å². The second kappa shape index (κ2) is 16.3. The number of phenols is 1. The summed E-state index contributed by atoms with van der Waals surface area (Å²) in [4.78, 5) is 46.4. The molecule has 2 aromatic heterocycles. The van der Waals surface area contributed by atoms with Crippen LogP contribution in [-0.2, 0) is 9.53 Å². The van der Waals surface area contributed by atoms with Crippen LogP contribution in [0, 0.1) is 5.92 Å². The van der Waals surface area contributed by atoms with E-state index < -0.39 is 0 Å². The molecular weight excluding hydrogens is 747 g/mol. The van der Waals surface area contributed by atoms with Crippen LogP contribution < -0.4 is 20.9 Å². The number of imide groups is 1. The molecule has 0 spiro atoms. The van der Waals surface area contributed by atoms with E-state index in [0.717, 1.165) is 86.2 Å². The number of urea groups is 1. The number of carbonyl (C=O) groups excluding carboxylic acids is 3. The average Bonchev–Trinajstić information content (AvgIpc) is 3.69. The first-order valence-corrected chi connectivity index (χ1v) is 20.8. The number of hydrogen-bond acceptors (Lipinski definition) is 10. The molecule has 0 bridgehead atoms. The molecule has 6 heterocycles. The number of amides is 4. The van der Waals surface area contributed by atoms with Gasteiger partial charge in [-0.25, -0.2) is 4.79 Å². The topological polar surface area (TPSA) is 162 Å². The third kappa shape index (κ3) is 7.94. The van der Waals surface area contributed by atoms with Gasteiger partial charge in [-0.05, 0) is 92.6 Å². The van der Waals surface area contributed by atoms with E-state index in [2.05, 4.69) is 48.2 Å². The predicted octanol–water partition coefficient (Wildman–Crippen LogP) is 5.99. The number of piperidine rings is 2. The number of ether oxygens (including phenoxy) is 1. The summed E-state index contributed by atoms with van der Waals surface area (Å²) in [5, 5.41) is 22.3. The van der Waals surface area contributed by atoms with Crippen molar-refractivity contribution in [1.82, 2.24) is 29.9 Å². The summed E-state index contributed by atoms with van der Waals surface area (Å²) in [5.41, 5.74) is 11.8. The van der Waals surface area contributed by atoms with Crippen molar-refractivity contribution >= 4 is 45.9 Å². The van der Waals surface area contributed by atoms with Gasteiger partial charge in [0.05, 0.1) is 28.7 Å². The van der Waals surface area contributed by atoms with Crippen molar-refractivity contribution in [2.45, 2.75) is 57.3 Å². The van der Waals surface area contributed by atoms with Crippen molar-refractivity contribution < 1.29 is 24.2 Å². The van der Waals surface area contributed by atoms with Crippen molar-refractivity contribution in [2.75, 3.05) is 67.9 Å². The highest BCUT2D eigenvalue weighted by Gasteiger charge is 2.31. The molecule has 9 rings (SSSR count). The Kier molecular flexibility index (Phi) is 10.7. The fraction of sp³-hybridized carbons (Fsp3) is 0.400. The van der Waals surface area contributed by atoms with Crippen LogP contribution in [0.15, 0.2) is 85.1 Å². The number of morpholine rings is 1. The molecule has 0 saturated carbocycles. The highest BCUT2D eigenvalue weighted by atomic mass is 16.5. The molecule has 14 heteroatoms. The molecule has 4 aliphatic rings. The third-order valence-corrected chi connectivity index (χ3v) is 12.6. The summed E-state index contributed by atoms with van der Waals surface area (Å²) in [5.74, 6) is 0.845. The standard InChI is InChI=1S/C45H51N9O5/c1-29-26-52(39-25-36(48-49-43(39)46)34-5-2-3-8-40(34)55)28-41(59-29)31-9-11-32(12-10-31)44(57)51-21-13-30(14-22-51)27-50-19-15-33(16-20-50)53-23-17-35-37(53)6-4-7-38(35)54-24-18-42(56)47-45(54)58/h2-12,17,23,25,29-30,33,41,55H,13-16,18-22,24,26-28H2,1H3,(H2,46,49)(H,47,56,58)/t29-,41-/m0/s1. The molecule has 0 radical (unpaired) electrons. The van der Waals surface area contributed by atoms with Crippen LogP contribution in [0.5, 0.6) is 5.75 Å². The van der Waals surface area contributed by atoms with E-state index >= 15 is 0 Å². The van der Waals surface area contributed by atoms with Gasteiger partial charge in [-0.2, -0.15) is 0 Å². The summed E-state index contributed by atoms with van der Waals surface area (Å²) in [6.45, 7) is 8.21. The Morgan fingerprint density at radius 2 is 1.66 bits per heavy atom. The van der Waals surface area contributed by atoms with Gasteiger partial charge in [-0.3, -0.25) is 19.8 Å². The quantitative estimate of drug-likeness (QED) is 0.170. The molecule has 4 fully saturated rings. The molecule has 59 heavy (non-hydrogen) atoms. The zero-order chi connectivity index (χ0) is 40.6. The second-order valence-electron chi connectivity index (χ2n) is 16.4. The van der Waals surface area contributed by atoms with Gasteiger partial charge in [0.25, 0.3) is 5.91 Å². The number of aromatic hydroxyl groups is 1. The highest BCUT2D eigenvalue weighted by molar-refractivity contribution is 6.09. The highest BCUT2D eigenvalue weighted by Crippen LogP contribution is 2.36. The molecule has 4 N–H and O–H groups in total. The summed E-state index contributed by atoms with van der Waals surface area (Å²) in [6, 6.07) is 24.9. The lowest BCUT2D eigenvalue weighted by Crippen LogP contribution is -2.49. The Labute approximate surface area is 343 Å². The molecule has 0 aliphatic carbocycles.